The number of thiocarbonyl (C=S) groups is 1. The molecule has 2 aromatic carbocycles. The first-order chi connectivity index (χ1) is 14.0. The molecule has 0 radical (unpaired) electrons. The van der Waals surface area contributed by atoms with Crippen molar-refractivity contribution < 1.29 is 9.53 Å². The highest BCUT2D eigenvalue weighted by molar-refractivity contribution is 9.10. The van der Waals surface area contributed by atoms with Crippen LogP contribution in [-0.4, -0.2) is 37.8 Å². The van der Waals surface area contributed by atoms with Gasteiger partial charge in [0.2, 0.25) is 5.82 Å². The third kappa shape index (κ3) is 5.96. The fraction of sp³-hybridized carbons (Fsp3) is 0.167. The van der Waals surface area contributed by atoms with Crippen molar-refractivity contribution in [1.82, 2.24) is 31.1 Å². The highest BCUT2D eigenvalue weighted by atomic mass is 79.9. The number of rotatable bonds is 6. The minimum Gasteiger partial charge on any atom is -0.492 e. The minimum atomic E-state index is -0.382. The first-order valence-corrected chi connectivity index (χ1v) is 9.86. The molecule has 0 unspecified atom stereocenters. The summed E-state index contributed by atoms with van der Waals surface area (Å²) < 4.78 is 6.47. The van der Waals surface area contributed by atoms with Gasteiger partial charge >= 0.3 is 0 Å². The van der Waals surface area contributed by atoms with Gasteiger partial charge in [-0.2, -0.15) is 4.80 Å². The lowest BCUT2D eigenvalue weighted by Crippen LogP contribution is -2.45. The normalized spacial score (nSPS) is 10.3. The summed E-state index contributed by atoms with van der Waals surface area (Å²) in [6.07, 6.45) is 0. The third-order valence-electron chi connectivity index (χ3n) is 3.59. The monoisotopic (exact) mass is 475 g/mol. The molecule has 0 bridgehead atoms. The molecule has 3 rings (SSSR count). The van der Waals surface area contributed by atoms with Gasteiger partial charge in [0.05, 0.1) is 12.3 Å². The number of para-hydroxylation sites is 2. The third-order valence-corrected chi connectivity index (χ3v) is 4.32. The Morgan fingerprint density at radius 2 is 1.93 bits per heavy atom. The Bertz CT molecular complexity index is 994. The summed E-state index contributed by atoms with van der Waals surface area (Å²) in [5, 5.41) is 15.2. The van der Waals surface area contributed by atoms with Crippen LogP contribution < -0.4 is 20.9 Å². The van der Waals surface area contributed by atoms with E-state index in [0.29, 0.717) is 23.9 Å². The van der Waals surface area contributed by atoms with Crippen LogP contribution in [0.4, 0.5) is 5.69 Å². The van der Waals surface area contributed by atoms with Crippen molar-refractivity contribution in [3.05, 3.63) is 53.0 Å². The number of halogens is 1. The van der Waals surface area contributed by atoms with Gasteiger partial charge in [-0.15, -0.1) is 10.2 Å². The summed E-state index contributed by atoms with van der Waals surface area (Å²) in [6.45, 7) is 2.31. The number of anilines is 1. The largest absolute Gasteiger partial charge is 0.492 e. The van der Waals surface area contributed by atoms with Gasteiger partial charge in [-0.1, -0.05) is 28.1 Å². The van der Waals surface area contributed by atoms with Crippen molar-refractivity contribution in [2.24, 2.45) is 0 Å². The molecule has 0 aliphatic rings. The summed E-state index contributed by atoms with van der Waals surface area (Å²) in [6, 6.07) is 14.8. The SMILES string of the molecule is CCOc1ccccc1NC(=S)NNC(=O)Cn1nnc(-c2ccc(Br)cc2)n1. The number of ether oxygens (including phenoxy) is 1. The predicted octanol–water partition coefficient (Wildman–Crippen LogP) is 2.52. The van der Waals surface area contributed by atoms with Crippen LogP contribution in [0.3, 0.4) is 0 Å². The predicted molar refractivity (Wildman–Crippen MR) is 116 cm³/mol. The van der Waals surface area contributed by atoms with Crippen LogP contribution in [0.25, 0.3) is 11.4 Å². The second kappa shape index (κ2) is 9.94. The summed E-state index contributed by atoms with van der Waals surface area (Å²) in [7, 11) is 0. The van der Waals surface area contributed by atoms with Crippen molar-refractivity contribution in [3.8, 4) is 17.1 Å². The topological polar surface area (TPSA) is 106 Å². The minimum absolute atomic E-state index is 0.116. The Hall–Kier alpha value is -3.05. The molecule has 11 heteroatoms. The van der Waals surface area contributed by atoms with Crippen molar-refractivity contribution in [3.63, 3.8) is 0 Å². The maximum absolute atomic E-state index is 12.1. The molecule has 0 saturated carbocycles. The second-order valence-electron chi connectivity index (χ2n) is 5.71. The molecule has 0 aliphatic heterocycles. The van der Waals surface area contributed by atoms with Gasteiger partial charge in [-0.3, -0.25) is 15.6 Å². The van der Waals surface area contributed by atoms with Crippen LogP contribution in [0.15, 0.2) is 53.0 Å². The molecule has 29 heavy (non-hydrogen) atoms. The Morgan fingerprint density at radius 1 is 1.17 bits per heavy atom. The van der Waals surface area contributed by atoms with E-state index in [1.807, 2.05) is 55.5 Å². The number of hydrazine groups is 1. The number of tetrazole rings is 1. The number of benzene rings is 2. The second-order valence-corrected chi connectivity index (χ2v) is 7.03. The van der Waals surface area contributed by atoms with Gasteiger partial charge in [0.15, 0.2) is 5.11 Å². The average molecular weight is 476 g/mol. The highest BCUT2D eigenvalue weighted by Crippen LogP contribution is 2.23. The number of carbonyl (C=O) groups is 1. The molecule has 0 fully saturated rings. The van der Waals surface area contributed by atoms with E-state index in [1.165, 1.54) is 4.80 Å². The molecule has 3 aromatic rings. The fourth-order valence-corrected chi connectivity index (χ4v) is 2.75. The van der Waals surface area contributed by atoms with Gasteiger partial charge in [-0.05, 0) is 60.8 Å². The molecule has 1 heterocycles. The van der Waals surface area contributed by atoms with E-state index >= 15 is 0 Å². The van der Waals surface area contributed by atoms with E-state index < -0.39 is 0 Å². The van der Waals surface area contributed by atoms with Gasteiger partial charge in [-0.25, -0.2) is 0 Å². The van der Waals surface area contributed by atoms with E-state index in [9.17, 15) is 4.79 Å². The Morgan fingerprint density at radius 3 is 2.69 bits per heavy atom. The smallest absolute Gasteiger partial charge is 0.262 e. The van der Waals surface area contributed by atoms with Gasteiger partial charge in [0.1, 0.15) is 12.3 Å². The summed E-state index contributed by atoms with van der Waals surface area (Å²) in [4.78, 5) is 13.3. The number of aromatic nitrogens is 4. The van der Waals surface area contributed by atoms with Crippen molar-refractivity contribution in [2.75, 3.05) is 11.9 Å². The molecular formula is C18H18BrN7O2S. The molecule has 1 amide bonds. The molecular weight excluding hydrogens is 458 g/mol. The molecule has 0 spiro atoms. The van der Waals surface area contributed by atoms with Crippen molar-refractivity contribution >= 4 is 44.9 Å². The number of nitrogens with zero attached hydrogens (tertiary/aromatic N) is 4. The van der Waals surface area contributed by atoms with Gasteiger partial charge in [0, 0.05) is 10.0 Å². The summed E-state index contributed by atoms with van der Waals surface area (Å²) in [5.41, 5.74) is 6.62. The number of hydrogen-bond donors (Lipinski definition) is 3. The highest BCUT2D eigenvalue weighted by Gasteiger charge is 2.10. The fourth-order valence-electron chi connectivity index (χ4n) is 2.32. The van der Waals surface area contributed by atoms with Crippen LogP contribution in [0.2, 0.25) is 0 Å². The maximum atomic E-state index is 12.1. The van der Waals surface area contributed by atoms with Crippen LogP contribution in [0.5, 0.6) is 5.75 Å². The molecule has 150 valence electrons. The lowest BCUT2D eigenvalue weighted by atomic mass is 10.2. The zero-order valence-corrected chi connectivity index (χ0v) is 17.8. The average Bonchev–Trinajstić information content (AvgIpc) is 3.17. The van der Waals surface area contributed by atoms with E-state index in [0.717, 1.165) is 10.0 Å². The Labute approximate surface area is 180 Å². The van der Waals surface area contributed by atoms with E-state index in [2.05, 4.69) is 47.5 Å². The van der Waals surface area contributed by atoms with E-state index in [1.54, 1.807) is 0 Å². The Kier molecular flexibility index (Phi) is 7.09. The molecule has 3 N–H and O–H groups in total. The summed E-state index contributed by atoms with van der Waals surface area (Å²) >= 11 is 8.57. The van der Waals surface area contributed by atoms with Gasteiger partial charge in [0.25, 0.3) is 5.91 Å². The van der Waals surface area contributed by atoms with Crippen LogP contribution in [0.1, 0.15) is 6.92 Å². The lowest BCUT2D eigenvalue weighted by molar-refractivity contribution is -0.122. The Balaban J connectivity index is 1.50. The molecule has 0 aliphatic carbocycles. The first kappa shape index (κ1) is 20.7. The zero-order valence-electron chi connectivity index (χ0n) is 15.4. The molecule has 0 atom stereocenters. The first-order valence-electron chi connectivity index (χ1n) is 8.66. The van der Waals surface area contributed by atoms with Crippen LogP contribution >= 0.6 is 28.1 Å². The number of hydrogen-bond acceptors (Lipinski definition) is 6. The van der Waals surface area contributed by atoms with E-state index in [4.69, 9.17) is 17.0 Å². The number of nitrogens with one attached hydrogen (secondary N) is 3. The molecule has 9 nitrogen and oxygen atoms in total. The lowest BCUT2D eigenvalue weighted by Gasteiger charge is -2.14. The van der Waals surface area contributed by atoms with Gasteiger partial charge < -0.3 is 10.1 Å². The quantitative estimate of drug-likeness (QED) is 0.368. The number of carbonyl (C=O) groups excluding carboxylic acids is 1. The summed E-state index contributed by atoms with van der Waals surface area (Å²) in [5.74, 6) is 0.716. The van der Waals surface area contributed by atoms with Crippen LogP contribution in [0, 0.1) is 0 Å². The number of amides is 1. The van der Waals surface area contributed by atoms with E-state index in [-0.39, 0.29) is 17.6 Å². The standard InChI is InChI=1S/C18H18BrN7O2S/c1-2-28-15-6-4-3-5-14(15)20-18(29)23-21-16(27)11-26-24-17(22-25-26)12-7-9-13(19)10-8-12/h3-10H,2,11H2,1H3,(H,21,27)(H2,20,23,29). The molecule has 1 aromatic heterocycles. The van der Waals surface area contributed by atoms with Crippen LogP contribution in [-0.2, 0) is 11.3 Å². The molecule has 0 saturated heterocycles. The van der Waals surface area contributed by atoms with Crippen molar-refractivity contribution in [1.29, 1.82) is 0 Å². The van der Waals surface area contributed by atoms with Crippen molar-refractivity contribution in [2.45, 2.75) is 13.5 Å². The maximum Gasteiger partial charge on any atom is 0.262 e. The zero-order chi connectivity index (χ0) is 20.6.